The van der Waals surface area contributed by atoms with E-state index in [0.29, 0.717) is 13.1 Å². The first-order valence-electron chi connectivity index (χ1n) is 8.24. The van der Waals surface area contributed by atoms with Gasteiger partial charge in [-0.05, 0) is 36.6 Å². The van der Waals surface area contributed by atoms with E-state index in [0.717, 1.165) is 36.1 Å². The van der Waals surface area contributed by atoms with Crippen molar-refractivity contribution >= 4 is 29.0 Å². The molecule has 0 bridgehead atoms. The van der Waals surface area contributed by atoms with E-state index in [2.05, 4.69) is 31.9 Å². The Labute approximate surface area is 150 Å². The predicted molar refractivity (Wildman–Crippen MR) is 97.1 cm³/mol. The van der Waals surface area contributed by atoms with Crippen molar-refractivity contribution in [2.75, 3.05) is 18.8 Å². The molecule has 24 heavy (non-hydrogen) atoms. The second kappa shape index (κ2) is 8.13. The fourth-order valence-electron chi connectivity index (χ4n) is 3.02. The molecule has 6 nitrogen and oxygen atoms in total. The molecule has 2 aromatic rings. The molecule has 0 radical (unpaired) electrons. The van der Waals surface area contributed by atoms with Gasteiger partial charge in [-0.25, -0.2) is 0 Å². The number of nitrogens with one attached hydrogen (secondary N) is 1. The van der Waals surface area contributed by atoms with Gasteiger partial charge in [0.15, 0.2) is 11.0 Å². The number of amides is 1. The van der Waals surface area contributed by atoms with Gasteiger partial charge in [0.1, 0.15) is 0 Å². The summed E-state index contributed by atoms with van der Waals surface area (Å²) in [7, 11) is 2.01. The standard InChI is InChI=1S/C16H23N5OS2/c1-3-23-16-19-18-15(20(16)2)13-7-4-8-21(13)11-14(22)17-10-12-6-5-9-24-12/h5-6,9,13H,3-4,7-8,10-11H2,1-2H3,(H,17,22)/t13-/m0/s1. The summed E-state index contributed by atoms with van der Waals surface area (Å²) in [5.41, 5.74) is 0. The number of aromatic nitrogens is 3. The van der Waals surface area contributed by atoms with Crippen molar-refractivity contribution in [1.29, 1.82) is 0 Å². The fourth-order valence-corrected chi connectivity index (χ4v) is 4.31. The highest BCUT2D eigenvalue weighted by atomic mass is 32.2. The van der Waals surface area contributed by atoms with Crippen molar-refractivity contribution in [1.82, 2.24) is 25.0 Å². The Morgan fingerprint density at radius 3 is 3.12 bits per heavy atom. The summed E-state index contributed by atoms with van der Waals surface area (Å²) in [5.74, 6) is 2.01. The van der Waals surface area contributed by atoms with Crippen molar-refractivity contribution in [3.63, 3.8) is 0 Å². The van der Waals surface area contributed by atoms with Crippen LogP contribution in [0.1, 0.15) is 36.5 Å². The van der Waals surface area contributed by atoms with Crippen molar-refractivity contribution in [3.8, 4) is 0 Å². The number of likely N-dealkylation sites (tertiary alicyclic amines) is 1. The molecule has 3 rings (SSSR count). The first kappa shape index (κ1) is 17.4. The van der Waals surface area contributed by atoms with Gasteiger partial charge in [0.25, 0.3) is 0 Å². The topological polar surface area (TPSA) is 63.1 Å². The monoisotopic (exact) mass is 365 g/mol. The summed E-state index contributed by atoms with van der Waals surface area (Å²) in [4.78, 5) is 15.7. The molecular formula is C16H23N5OS2. The van der Waals surface area contributed by atoms with Gasteiger partial charge in [0.05, 0.1) is 19.1 Å². The first-order valence-corrected chi connectivity index (χ1v) is 10.1. The maximum atomic E-state index is 12.3. The molecule has 130 valence electrons. The van der Waals surface area contributed by atoms with E-state index >= 15 is 0 Å². The lowest BCUT2D eigenvalue weighted by molar-refractivity contribution is -0.122. The van der Waals surface area contributed by atoms with E-state index in [1.165, 1.54) is 4.88 Å². The van der Waals surface area contributed by atoms with Gasteiger partial charge in [-0.3, -0.25) is 9.69 Å². The van der Waals surface area contributed by atoms with Crippen LogP contribution in [0.2, 0.25) is 0 Å². The maximum Gasteiger partial charge on any atom is 0.234 e. The van der Waals surface area contributed by atoms with Crippen molar-refractivity contribution in [2.24, 2.45) is 7.05 Å². The Balaban J connectivity index is 1.60. The van der Waals surface area contributed by atoms with E-state index < -0.39 is 0 Å². The Morgan fingerprint density at radius 2 is 2.38 bits per heavy atom. The highest BCUT2D eigenvalue weighted by molar-refractivity contribution is 7.99. The van der Waals surface area contributed by atoms with E-state index in [9.17, 15) is 4.79 Å². The minimum atomic E-state index is 0.0700. The lowest BCUT2D eigenvalue weighted by Gasteiger charge is -2.23. The van der Waals surface area contributed by atoms with Crippen LogP contribution >= 0.6 is 23.1 Å². The van der Waals surface area contributed by atoms with Crippen LogP contribution in [0.5, 0.6) is 0 Å². The number of hydrogen-bond donors (Lipinski definition) is 1. The third-order valence-electron chi connectivity index (χ3n) is 4.19. The second-order valence-electron chi connectivity index (χ2n) is 5.82. The molecule has 0 unspecified atom stereocenters. The van der Waals surface area contributed by atoms with Gasteiger partial charge in [0.2, 0.25) is 5.91 Å². The number of rotatable bonds is 7. The third-order valence-corrected chi connectivity index (χ3v) is 5.97. The van der Waals surface area contributed by atoms with Gasteiger partial charge in [0, 0.05) is 11.9 Å². The van der Waals surface area contributed by atoms with Crippen molar-refractivity contribution in [2.45, 2.75) is 37.5 Å². The molecule has 0 aromatic carbocycles. The fraction of sp³-hybridized carbons (Fsp3) is 0.562. The molecule has 3 heterocycles. The largest absolute Gasteiger partial charge is 0.350 e. The Hall–Kier alpha value is -1.38. The zero-order valence-corrected chi connectivity index (χ0v) is 15.7. The molecule has 1 atom stereocenters. The number of carbonyl (C=O) groups is 1. The molecule has 2 aromatic heterocycles. The van der Waals surface area contributed by atoms with Gasteiger partial charge in [-0.2, -0.15) is 0 Å². The Kier molecular flexibility index (Phi) is 5.91. The molecule has 1 aliphatic rings. The van der Waals surface area contributed by atoms with Gasteiger partial charge >= 0.3 is 0 Å². The second-order valence-corrected chi connectivity index (χ2v) is 8.08. The maximum absolute atomic E-state index is 12.3. The Bertz CT molecular complexity index is 670. The molecule has 8 heteroatoms. The smallest absolute Gasteiger partial charge is 0.234 e. The summed E-state index contributed by atoms with van der Waals surface area (Å²) < 4.78 is 2.07. The number of thiophene rings is 1. The first-order chi connectivity index (χ1) is 11.7. The minimum Gasteiger partial charge on any atom is -0.350 e. The molecule has 0 saturated carbocycles. The average molecular weight is 366 g/mol. The quantitative estimate of drug-likeness (QED) is 0.764. The summed E-state index contributed by atoms with van der Waals surface area (Å²) >= 11 is 3.36. The summed E-state index contributed by atoms with van der Waals surface area (Å²) in [6, 6.07) is 4.22. The molecule has 1 saturated heterocycles. The van der Waals surface area contributed by atoms with Crippen LogP contribution in [0.25, 0.3) is 0 Å². The molecule has 1 N–H and O–H groups in total. The zero-order chi connectivity index (χ0) is 16.9. The molecule has 0 spiro atoms. The molecule has 0 aliphatic carbocycles. The predicted octanol–water partition coefficient (Wildman–Crippen LogP) is 2.44. The van der Waals surface area contributed by atoms with Crippen LogP contribution in [0.4, 0.5) is 0 Å². The van der Waals surface area contributed by atoms with Crippen LogP contribution < -0.4 is 5.32 Å². The molecule has 1 amide bonds. The highest BCUT2D eigenvalue weighted by Gasteiger charge is 2.31. The van der Waals surface area contributed by atoms with E-state index in [1.54, 1.807) is 23.1 Å². The van der Waals surface area contributed by atoms with E-state index in [4.69, 9.17) is 0 Å². The minimum absolute atomic E-state index is 0.0700. The number of thioether (sulfide) groups is 1. The van der Waals surface area contributed by atoms with Gasteiger partial charge in [-0.1, -0.05) is 24.8 Å². The van der Waals surface area contributed by atoms with Gasteiger partial charge < -0.3 is 9.88 Å². The zero-order valence-electron chi connectivity index (χ0n) is 14.1. The Morgan fingerprint density at radius 1 is 1.50 bits per heavy atom. The van der Waals surface area contributed by atoms with E-state index in [-0.39, 0.29) is 11.9 Å². The highest BCUT2D eigenvalue weighted by Crippen LogP contribution is 2.31. The van der Waals surface area contributed by atoms with E-state index in [1.807, 2.05) is 24.6 Å². The van der Waals surface area contributed by atoms with Crippen LogP contribution in [-0.2, 0) is 18.4 Å². The number of hydrogen-bond acceptors (Lipinski definition) is 6. The summed E-state index contributed by atoms with van der Waals surface area (Å²) in [6.07, 6.45) is 2.12. The average Bonchev–Trinajstić information content (AvgIpc) is 3.29. The third kappa shape index (κ3) is 3.99. The van der Waals surface area contributed by atoms with Crippen molar-refractivity contribution < 1.29 is 4.79 Å². The van der Waals surface area contributed by atoms with Crippen LogP contribution in [0.3, 0.4) is 0 Å². The summed E-state index contributed by atoms with van der Waals surface area (Å²) in [6.45, 7) is 4.06. The number of carbonyl (C=O) groups excluding carboxylic acids is 1. The normalized spacial score (nSPS) is 18.2. The SMILES string of the molecule is CCSc1nnc([C@@H]2CCCN2CC(=O)NCc2cccs2)n1C. The van der Waals surface area contributed by atoms with Gasteiger partial charge in [-0.15, -0.1) is 21.5 Å². The van der Waals surface area contributed by atoms with Crippen LogP contribution in [0.15, 0.2) is 22.7 Å². The number of nitrogens with zero attached hydrogens (tertiary/aromatic N) is 4. The lowest BCUT2D eigenvalue weighted by Crippen LogP contribution is -2.37. The molecule has 1 aliphatic heterocycles. The molecular weight excluding hydrogens is 342 g/mol. The van der Waals surface area contributed by atoms with Crippen LogP contribution in [0, 0.1) is 0 Å². The lowest BCUT2D eigenvalue weighted by atomic mass is 10.2. The van der Waals surface area contributed by atoms with Crippen molar-refractivity contribution in [3.05, 3.63) is 28.2 Å². The summed E-state index contributed by atoms with van der Waals surface area (Å²) in [5, 5.41) is 14.6. The van der Waals surface area contributed by atoms with Crippen LogP contribution in [-0.4, -0.2) is 44.4 Å². The molecule has 1 fully saturated rings.